The van der Waals surface area contributed by atoms with Crippen LogP contribution in [0.4, 0.5) is 8.78 Å². The van der Waals surface area contributed by atoms with Gasteiger partial charge in [-0.2, -0.15) is 0 Å². The van der Waals surface area contributed by atoms with Crippen LogP contribution in [0.3, 0.4) is 0 Å². The van der Waals surface area contributed by atoms with E-state index in [-0.39, 0.29) is 18.0 Å². The van der Waals surface area contributed by atoms with Gasteiger partial charge >= 0.3 is 0 Å². The van der Waals surface area contributed by atoms with Gasteiger partial charge in [0.2, 0.25) is 0 Å². The highest BCUT2D eigenvalue weighted by atomic mass is 19.3. The van der Waals surface area contributed by atoms with Gasteiger partial charge in [0.1, 0.15) is 0 Å². The molecule has 0 aromatic rings. The van der Waals surface area contributed by atoms with E-state index in [4.69, 9.17) is 0 Å². The van der Waals surface area contributed by atoms with Crippen molar-refractivity contribution in [3.63, 3.8) is 0 Å². The number of hydrogen-bond acceptors (Lipinski definition) is 2. The van der Waals surface area contributed by atoms with Crippen molar-refractivity contribution in [1.29, 1.82) is 0 Å². The van der Waals surface area contributed by atoms with E-state index in [9.17, 15) is 13.9 Å². The summed E-state index contributed by atoms with van der Waals surface area (Å²) in [6, 6.07) is -0.122. The molecule has 1 fully saturated rings. The van der Waals surface area contributed by atoms with E-state index in [1.807, 2.05) is 0 Å². The van der Waals surface area contributed by atoms with Gasteiger partial charge in [-0.15, -0.1) is 0 Å². The Morgan fingerprint density at radius 2 is 1.94 bits per heavy atom. The number of nitrogens with zero attached hydrogens (tertiary/aromatic N) is 1. The van der Waals surface area contributed by atoms with E-state index in [2.05, 4.69) is 20.8 Å². The fourth-order valence-corrected chi connectivity index (χ4v) is 2.96. The summed E-state index contributed by atoms with van der Waals surface area (Å²) < 4.78 is 24.9. The van der Waals surface area contributed by atoms with Crippen LogP contribution in [-0.4, -0.2) is 42.2 Å². The first-order valence-corrected chi connectivity index (χ1v) is 6.94. The average molecular weight is 263 g/mol. The molecule has 0 aliphatic heterocycles. The van der Waals surface area contributed by atoms with E-state index >= 15 is 0 Å². The van der Waals surface area contributed by atoms with Gasteiger partial charge in [0.25, 0.3) is 6.43 Å². The number of likely N-dealkylation sites (N-methyl/N-ethyl adjacent to an activating group) is 1. The van der Waals surface area contributed by atoms with Crippen molar-refractivity contribution in [3.05, 3.63) is 0 Å². The smallest absolute Gasteiger partial charge is 0.251 e. The zero-order valence-electron chi connectivity index (χ0n) is 12.0. The molecule has 1 saturated carbocycles. The summed E-state index contributed by atoms with van der Waals surface area (Å²) in [4.78, 5) is 1.63. The van der Waals surface area contributed by atoms with E-state index in [0.717, 1.165) is 25.7 Å². The molecule has 0 bridgehead atoms. The molecule has 18 heavy (non-hydrogen) atoms. The van der Waals surface area contributed by atoms with Crippen LogP contribution in [0.2, 0.25) is 0 Å². The molecule has 0 aromatic heterocycles. The molecule has 0 saturated heterocycles. The lowest BCUT2D eigenvalue weighted by Gasteiger charge is -2.44. The Hall–Kier alpha value is -0.220. The van der Waals surface area contributed by atoms with Gasteiger partial charge in [0.05, 0.1) is 12.6 Å². The van der Waals surface area contributed by atoms with Gasteiger partial charge in [0, 0.05) is 6.04 Å². The predicted molar refractivity (Wildman–Crippen MR) is 69.8 cm³/mol. The van der Waals surface area contributed by atoms with Crippen LogP contribution in [-0.2, 0) is 0 Å². The van der Waals surface area contributed by atoms with E-state index in [1.54, 1.807) is 11.9 Å². The summed E-state index contributed by atoms with van der Waals surface area (Å²) in [7, 11) is 1.70. The zero-order valence-corrected chi connectivity index (χ0v) is 12.0. The number of aliphatic hydroxyl groups excluding tert-OH is 1. The van der Waals surface area contributed by atoms with Gasteiger partial charge in [-0.25, -0.2) is 8.78 Å². The van der Waals surface area contributed by atoms with Crippen LogP contribution in [0.5, 0.6) is 0 Å². The lowest BCUT2D eigenvalue weighted by atomic mass is 9.67. The summed E-state index contributed by atoms with van der Waals surface area (Å²) in [6.45, 7) is 6.39. The van der Waals surface area contributed by atoms with Gasteiger partial charge in [0.15, 0.2) is 0 Å². The van der Waals surface area contributed by atoms with Crippen molar-refractivity contribution in [1.82, 2.24) is 4.90 Å². The minimum absolute atomic E-state index is 0.122. The Bertz CT molecular complexity index is 258. The topological polar surface area (TPSA) is 23.5 Å². The maximum Gasteiger partial charge on any atom is 0.251 e. The second-order valence-electron chi connectivity index (χ2n) is 6.32. The SMILES string of the molecule is CCC(C)(C)C1CCC(O)C(N(C)CC(F)F)C1. The highest BCUT2D eigenvalue weighted by molar-refractivity contribution is 4.91. The third kappa shape index (κ3) is 3.89. The molecule has 1 rings (SSSR count). The molecule has 0 radical (unpaired) electrons. The van der Waals surface area contributed by atoms with E-state index < -0.39 is 12.5 Å². The summed E-state index contributed by atoms with van der Waals surface area (Å²) >= 11 is 0. The lowest BCUT2D eigenvalue weighted by molar-refractivity contribution is -0.0285. The first kappa shape index (κ1) is 15.8. The van der Waals surface area contributed by atoms with Crippen LogP contribution in [0.15, 0.2) is 0 Å². The van der Waals surface area contributed by atoms with Crippen LogP contribution < -0.4 is 0 Å². The molecule has 0 spiro atoms. The van der Waals surface area contributed by atoms with Gasteiger partial charge in [-0.1, -0.05) is 27.2 Å². The second-order valence-corrected chi connectivity index (χ2v) is 6.32. The molecule has 3 atom stereocenters. The number of halogens is 2. The molecule has 0 amide bonds. The van der Waals surface area contributed by atoms with Gasteiger partial charge in [-0.05, 0) is 37.6 Å². The standard InChI is InChI=1S/C14H27F2NO/c1-5-14(2,3)10-6-7-12(18)11(8-10)17(4)9-13(15)16/h10-13,18H,5-9H2,1-4H3. The molecule has 1 N–H and O–H groups in total. The molecule has 0 heterocycles. The van der Waals surface area contributed by atoms with Crippen molar-refractivity contribution in [2.75, 3.05) is 13.6 Å². The highest BCUT2D eigenvalue weighted by Gasteiger charge is 2.38. The normalized spacial score (nSPS) is 30.2. The van der Waals surface area contributed by atoms with Crippen molar-refractivity contribution in [3.8, 4) is 0 Å². The molecule has 4 heteroatoms. The molecule has 108 valence electrons. The summed E-state index contributed by atoms with van der Waals surface area (Å²) in [5, 5.41) is 10.0. The van der Waals surface area contributed by atoms with Crippen LogP contribution in [0.25, 0.3) is 0 Å². The molecule has 1 aliphatic rings. The van der Waals surface area contributed by atoms with Crippen molar-refractivity contribution in [2.45, 2.75) is 65.0 Å². The highest BCUT2D eigenvalue weighted by Crippen LogP contribution is 2.41. The Kier molecular flexibility index (Phi) is 5.53. The Labute approximate surface area is 109 Å². The third-order valence-corrected chi connectivity index (χ3v) is 4.79. The summed E-state index contributed by atoms with van der Waals surface area (Å²) in [5.41, 5.74) is 0.226. The lowest BCUT2D eigenvalue weighted by Crippen LogP contribution is -2.49. The Morgan fingerprint density at radius 1 is 1.33 bits per heavy atom. The number of aliphatic hydroxyl groups is 1. The minimum atomic E-state index is -2.33. The zero-order chi connectivity index (χ0) is 13.9. The quantitative estimate of drug-likeness (QED) is 0.823. The Balaban J connectivity index is 2.66. The second kappa shape index (κ2) is 6.29. The number of rotatable bonds is 5. The number of alkyl halides is 2. The first-order valence-electron chi connectivity index (χ1n) is 6.94. The number of hydrogen-bond donors (Lipinski definition) is 1. The fourth-order valence-electron chi connectivity index (χ4n) is 2.96. The molecular weight excluding hydrogens is 236 g/mol. The minimum Gasteiger partial charge on any atom is -0.391 e. The summed E-state index contributed by atoms with van der Waals surface area (Å²) in [6.07, 6.45) is 0.844. The summed E-state index contributed by atoms with van der Waals surface area (Å²) in [5.74, 6) is 0.510. The largest absolute Gasteiger partial charge is 0.391 e. The third-order valence-electron chi connectivity index (χ3n) is 4.79. The Morgan fingerprint density at radius 3 is 2.44 bits per heavy atom. The van der Waals surface area contributed by atoms with Crippen LogP contribution in [0.1, 0.15) is 46.5 Å². The van der Waals surface area contributed by atoms with E-state index in [1.165, 1.54) is 0 Å². The van der Waals surface area contributed by atoms with E-state index in [0.29, 0.717) is 5.92 Å². The maximum atomic E-state index is 12.4. The molecular formula is C14H27F2NO. The molecule has 2 nitrogen and oxygen atoms in total. The van der Waals surface area contributed by atoms with Crippen LogP contribution >= 0.6 is 0 Å². The van der Waals surface area contributed by atoms with Gasteiger partial charge in [-0.3, -0.25) is 4.90 Å². The average Bonchev–Trinajstić information content (AvgIpc) is 2.28. The maximum absolute atomic E-state index is 12.4. The molecule has 3 unspecified atom stereocenters. The van der Waals surface area contributed by atoms with Crippen molar-refractivity contribution >= 4 is 0 Å². The molecule has 1 aliphatic carbocycles. The van der Waals surface area contributed by atoms with Crippen LogP contribution in [0, 0.1) is 11.3 Å². The molecule has 0 aromatic carbocycles. The van der Waals surface area contributed by atoms with Gasteiger partial charge < -0.3 is 5.11 Å². The first-order chi connectivity index (χ1) is 8.27. The van der Waals surface area contributed by atoms with Crippen molar-refractivity contribution in [2.24, 2.45) is 11.3 Å². The fraction of sp³-hybridized carbons (Fsp3) is 1.00. The predicted octanol–water partition coefficient (Wildman–Crippen LogP) is 3.15. The monoisotopic (exact) mass is 263 g/mol. The van der Waals surface area contributed by atoms with Crippen molar-refractivity contribution < 1.29 is 13.9 Å².